The maximum absolute atomic E-state index is 12.4. The molecule has 0 radical (unpaired) electrons. The van der Waals surface area contributed by atoms with Gasteiger partial charge in [0.05, 0.1) is 0 Å². The minimum Gasteiger partial charge on any atom is -0.854 e. The number of hydrogen-bond acceptors (Lipinski definition) is 3. The van der Waals surface area contributed by atoms with E-state index in [2.05, 4.69) is 0 Å². The topological polar surface area (TPSA) is 46.1 Å². The molecule has 24 heavy (non-hydrogen) atoms. The van der Waals surface area contributed by atoms with Gasteiger partial charge in [0.1, 0.15) is 0 Å². The molecule has 2 nitrogen and oxygen atoms in total. The van der Waals surface area contributed by atoms with Crippen molar-refractivity contribution in [3.8, 4) is 0 Å². The Morgan fingerprint density at radius 1 is 0.583 bits per heavy atom. The van der Waals surface area contributed by atoms with Crippen LogP contribution in [0.15, 0.2) is 0 Å². The minimum absolute atomic E-state index is 0. The number of hydrogen-bond donors (Lipinski definition) is 0. The Hall–Kier alpha value is 5.96. The molecule has 0 bridgehead atoms. The van der Waals surface area contributed by atoms with Gasteiger partial charge in [0.2, 0.25) is 0 Å². The summed E-state index contributed by atoms with van der Waals surface area (Å²) in [4.78, 5) is 24.8. The quantitative estimate of drug-likeness (QED) is 0.232. The Bertz CT molecular complexity index is 332. The predicted molar refractivity (Wildman–Crippen MR) is 93.9 cm³/mol. The largest absolute Gasteiger partial charge is 1.00 e. The van der Waals surface area contributed by atoms with E-state index in [-0.39, 0.29) is 154 Å². The first kappa shape index (κ1) is 32.1. The van der Waals surface area contributed by atoms with E-state index in [1.165, 1.54) is 64.2 Å². The second-order valence-electron chi connectivity index (χ2n) is 6.73. The van der Waals surface area contributed by atoms with Crippen LogP contribution in [-0.4, -0.2) is 10.5 Å². The van der Waals surface area contributed by atoms with Crippen molar-refractivity contribution in [1.82, 2.24) is 0 Å². The standard InChI is InChI=1S/C16H30O2PS2.3K/c17-19(18,20)21(15-11-7-3-1-4-8-12-15)16-13-9-5-2-6-10-14-16;;;/h15-16H,1-14H2;;;/q-3;3*+1. The van der Waals surface area contributed by atoms with Crippen molar-refractivity contribution in [1.29, 1.82) is 0 Å². The van der Waals surface area contributed by atoms with Crippen LogP contribution < -0.4 is 164 Å². The van der Waals surface area contributed by atoms with E-state index >= 15 is 0 Å². The normalized spacial score (nSPS) is 22.0. The van der Waals surface area contributed by atoms with Crippen LogP contribution >= 0.6 is 5.69 Å². The maximum atomic E-state index is 12.4. The summed E-state index contributed by atoms with van der Waals surface area (Å²) in [6.45, 7) is 0. The van der Waals surface area contributed by atoms with Gasteiger partial charge in [0.25, 0.3) is 0 Å². The summed E-state index contributed by atoms with van der Waals surface area (Å²) >= 11 is 5.04. The van der Waals surface area contributed by atoms with E-state index in [9.17, 15) is 9.79 Å². The monoisotopic (exact) mass is 466 g/mol. The third kappa shape index (κ3) is 12.7. The zero-order chi connectivity index (χ0) is 15.1. The molecular weight excluding hydrogens is 437 g/mol. The van der Waals surface area contributed by atoms with E-state index in [1.54, 1.807) is 0 Å². The van der Waals surface area contributed by atoms with Crippen molar-refractivity contribution in [3.05, 3.63) is 0 Å². The molecular formula is C16H30K3O2PS2. The van der Waals surface area contributed by atoms with Crippen molar-refractivity contribution < 1.29 is 164 Å². The molecule has 2 saturated carbocycles. The fourth-order valence-corrected chi connectivity index (χ4v) is 12.5. The van der Waals surface area contributed by atoms with Crippen LogP contribution in [0.3, 0.4) is 0 Å². The average Bonchev–Trinajstić information content (AvgIpc) is 2.32. The van der Waals surface area contributed by atoms with Gasteiger partial charge >= 0.3 is 154 Å². The van der Waals surface area contributed by atoms with Crippen LogP contribution in [-0.2, 0) is 22.3 Å². The Kier molecular flexibility index (Phi) is 24.8. The molecule has 2 aliphatic rings. The van der Waals surface area contributed by atoms with Crippen molar-refractivity contribution in [2.75, 3.05) is 0 Å². The predicted octanol–water partition coefficient (Wildman–Crippen LogP) is -5.21. The van der Waals surface area contributed by atoms with Crippen LogP contribution in [0.2, 0.25) is 0 Å². The fourth-order valence-electron chi connectivity index (χ4n) is 3.96. The van der Waals surface area contributed by atoms with Gasteiger partial charge in [-0.15, -0.1) is 0 Å². The molecule has 2 rings (SSSR count). The first-order chi connectivity index (χ1) is 10.1. The van der Waals surface area contributed by atoms with E-state index < -0.39 is 15.8 Å². The molecule has 0 atom stereocenters. The summed E-state index contributed by atoms with van der Waals surface area (Å²) in [5, 5.41) is 0.742. The fraction of sp³-hybridized carbons (Fsp3) is 1.00. The zero-order valence-corrected chi connectivity index (χ0v) is 28.0. The molecule has 126 valence electrons. The van der Waals surface area contributed by atoms with Gasteiger partial charge in [-0.25, -0.2) is 10.1 Å². The van der Waals surface area contributed by atoms with Crippen LogP contribution in [0.1, 0.15) is 89.9 Å². The number of rotatable bonds is 2. The Morgan fingerprint density at radius 3 is 1.08 bits per heavy atom. The molecule has 8 heteroatoms. The van der Waals surface area contributed by atoms with Crippen LogP contribution in [0.25, 0.3) is 0 Å². The SMILES string of the molecule is [K+].[K+].[K+].[O-]P([O-])([S-])=S(C1CCCCCCC1)C1CCCCCCC1. The maximum Gasteiger partial charge on any atom is 1.00 e. The molecule has 0 spiro atoms. The zero-order valence-electron chi connectivity index (χ0n) is 16.1. The smallest absolute Gasteiger partial charge is 0.854 e. The molecule has 0 amide bonds. The van der Waals surface area contributed by atoms with E-state index in [0.717, 1.165) is 25.7 Å². The molecule has 0 aromatic heterocycles. The van der Waals surface area contributed by atoms with Gasteiger partial charge in [-0.1, -0.05) is 64.2 Å². The summed E-state index contributed by atoms with van der Waals surface area (Å²) in [5.41, 5.74) is -3.62. The van der Waals surface area contributed by atoms with Gasteiger partial charge < -0.3 is 27.7 Å². The molecule has 2 fully saturated rings. The van der Waals surface area contributed by atoms with Crippen molar-refractivity contribution in [2.24, 2.45) is 0 Å². The van der Waals surface area contributed by atoms with Crippen molar-refractivity contribution >= 4 is 28.0 Å². The summed E-state index contributed by atoms with van der Waals surface area (Å²) < 4.78 is 0. The summed E-state index contributed by atoms with van der Waals surface area (Å²) in [6, 6.07) is 0. The van der Waals surface area contributed by atoms with Crippen LogP contribution in [0.4, 0.5) is 0 Å². The van der Waals surface area contributed by atoms with Gasteiger partial charge in [-0.2, -0.15) is 0 Å². The van der Waals surface area contributed by atoms with Gasteiger partial charge in [0, 0.05) is 0 Å². The summed E-state index contributed by atoms with van der Waals surface area (Å²) in [6.07, 6.45) is 17.0. The van der Waals surface area contributed by atoms with Gasteiger partial charge in [0.15, 0.2) is 0 Å². The average molecular weight is 467 g/mol. The first-order valence-electron chi connectivity index (χ1n) is 8.83. The molecule has 0 unspecified atom stereocenters. The Morgan fingerprint density at radius 2 is 0.833 bits per heavy atom. The van der Waals surface area contributed by atoms with Crippen molar-refractivity contribution in [3.63, 3.8) is 0 Å². The Balaban J connectivity index is 0. The first-order valence-corrected chi connectivity index (χ1v) is 13.4. The Labute approximate surface area is 285 Å². The van der Waals surface area contributed by atoms with E-state index in [1.807, 2.05) is 0 Å². The second-order valence-corrected chi connectivity index (χ2v) is 14.5. The van der Waals surface area contributed by atoms with E-state index in [4.69, 9.17) is 12.2 Å². The molecule has 0 saturated heterocycles. The molecule has 0 aromatic carbocycles. The third-order valence-corrected chi connectivity index (χ3v) is 12.8. The second kappa shape index (κ2) is 18.5. The molecule has 0 heterocycles. The summed E-state index contributed by atoms with van der Waals surface area (Å²) in [5.74, 6) is 0. The molecule has 0 N–H and O–H groups in total. The third-order valence-electron chi connectivity index (χ3n) is 5.05. The van der Waals surface area contributed by atoms with Crippen LogP contribution in [0.5, 0.6) is 0 Å². The molecule has 0 aromatic rings. The minimum atomic E-state index is -3.62. The molecule has 0 aliphatic heterocycles. The molecule has 2 aliphatic carbocycles. The summed E-state index contributed by atoms with van der Waals surface area (Å²) in [7, 11) is -0.537. The van der Waals surface area contributed by atoms with Crippen LogP contribution in [0, 0.1) is 0 Å². The van der Waals surface area contributed by atoms with E-state index in [0.29, 0.717) is 10.5 Å². The van der Waals surface area contributed by atoms with Gasteiger partial charge in [-0.3, -0.25) is 0 Å². The van der Waals surface area contributed by atoms with Crippen molar-refractivity contribution in [2.45, 2.75) is 100 Å². The van der Waals surface area contributed by atoms with Gasteiger partial charge in [-0.05, 0) is 36.2 Å².